The number of rotatable bonds is 6. The lowest BCUT2D eigenvalue weighted by atomic mass is 10.1. The molecule has 1 aliphatic heterocycles. The summed E-state index contributed by atoms with van der Waals surface area (Å²) in [6.07, 6.45) is 3.41. The first-order chi connectivity index (χ1) is 12.6. The minimum absolute atomic E-state index is 0.0170. The normalized spacial score (nSPS) is 17.8. The summed E-state index contributed by atoms with van der Waals surface area (Å²) < 4.78 is 7.45. The minimum atomic E-state index is -0.514. The van der Waals surface area contributed by atoms with Crippen LogP contribution < -0.4 is 5.32 Å². The van der Waals surface area contributed by atoms with Crippen LogP contribution in [0.25, 0.3) is 0 Å². The number of benzene rings is 1. The summed E-state index contributed by atoms with van der Waals surface area (Å²) in [4.78, 5) is 26.6. The Morgan fingerprint density at radius 3 is 2.85 bits per heavy atom. The zero-order chi connectivity index (χ0) is 18.4. The third kappa shape index (κ3) is 4.66. The number of anilines is 1. The summed E-state index contributed by atoms with van der Waals surface area (Å²) in [7, 11) is 1.74. The fourth-order valence-corrected chi connectivity index (χ4v) is 2.89. The number of carbonyl (C=O) groups excluding carboxylic acids is 2. The monoisotopic (exact) mass is 357 g/mol. The minimum Gasteiger partial charge on any atom is -0.364 e. The van der Waals surface area contributed by atoms with E-state index in [1.807, 2.05) is 30.3 Å². The van der Waals surface area contributed by atoms with Crippen LogP contribution in [0.3, 0.4) is 0 Å². The molecule has 1 fully saturated rings. The highest BCUT2D eigenvalue weighted by Gasteiger charge is 2.29. The van der Waals surface area contributed by atoms with Gasteiger partial charge >= 0.3 is 0 Å². The maximum atomic E-state index is 12.8. The van der Waals surface area contributed by atoms with Gasteiger partial charge in [-0.15, -0.1) is 10.2 Å². The highest BCUT2D eigenvalue weighted by Crippen LogP contribution is 2.17. The lowest BCUT2D eigenvalue weighted by Gasteiger charge is -2.23. The van der Waals surface area contributed by atoms with E-state index >= 15 is 0 Å². The quantitative estimate of drug-likeness (QED) is 0.843. The molecular formula is C18H23N5O3. The van der Waals surface area contributed by atoms with E-state index in [1.165, 1.54) is 6.33 Å². The Labute approximate surface area is 152 Å². The molecule has 0 bridgehead atoms. The summed E-state index contributed by atoms with van der Waals surface area (Å²) in [5.74, 6) is -0.0705. The molecule has 1 N–H and O–H groups in total. The first kappa shape index (κ1) is 18.1. The second kappa shape index (κ2) is 8.57. The average molecular weight is 357 g/mol. The summed E-state index contributed by atoms with van der Waals surface area (Å²) >= 11 is 0. The average Bonchev–Trinajstić information content (AvgIpc) is 2.96. The van der Waals surface area contributed by atoms with E-state index in [-0.39, 0.29) is 18.4 Å². The number of hydrogen-bond donors (Lipinski definition) is 1. The number of aryl methyl sites for hydroxylation is 1. The lowest BCUT2D eigenvalue weighted by molar-refractivity contribution is -0.145. The van der Waals surface area contributed by atoms with Crippen LogP contribution in [0.2, 0.25) is 0 Å². The Bertz CT molecular complexity index is 746. The summed E-state index contributed by atoms with van der Waals surface area (Å²) in [6.45, 7) is 0.920. The molecule has 0 aliphatic carbocycles. The third-order valence-electron chi connectivity index (χ3n) is 4.32. The van der Waals surface area contributed by atoms with Crippen molar-refractivity contribution in [3.63, 3.8) is 0 Å². The fourth-order valence-electron chi connectivity index (χ4n) is 2.89. The topological polar surface area (TPSA) is 89.3 Å². The largest absolute Gasteiger partial charge is 0.364 e. The van der Waals surface area contributed by atoms with Crippen LogP contribution in [0, 0.1) is 0 Å². The molecule has 0 saturated carbocycles. The Balaban J connectivity index is 1.57. The van der Waals surface area contributed by atoms with E-state index in [4.69, 9.17) is 4.74 Å². The van der Waals surface area contributed by atoms with Crippen LogP contribution in [0.1, 0.15) is 24.8 Å². The molecule has 1 atom stereocenters. The molecule has 1 aliphatic rings. The van der Waals surface area contributed by atoms with Gasteiger partial charge in [-0.1, -0.05) is 30.3 Å². The standard InChI is InChI=1S/C18H23N5O3/c1-22-13-19-21-18(22)20-16(24)11-23-10-6-5-9-15(17(23)25)26-12-14-7-3-2-4-8-14/h2-4,7-8,13,15H,5-6,9-12H2,1H3,(H,20,21,24). The molecule has 3 rings (SSSR count). The van der Waals surface area contributed by atoms with Crippen molar-refractivity contribution in [2.24, 2.45) is 7.05 Å². The molecule has 2 amide bonds. The third-order valence-corrected chi connectivity index (χ3v) is 4.32. The van der Waals surface area contributed by atoms with Crippen LogP contribution in [0.5, 0.6) is 0 Å². The molecule has 8 nitrogen and oxygen atoms in total. The number of likely N-dealkylation sites (tertiary alicyclic amines) is 1. The van der Waals surface area contributed by atoms with Crippen LogP contribution >= 0.6 is 0 Å². The molecule has 1 aromatic heterocycles. The summed E-state index contributed by atoms with van der Waals surface area (Å²) in [5.41, 5.74) is 1.02. The molecule has 26 heavy (non-hydrogen) atoms. The predicted octanol–water partition coefficient (Wildman–Crippen LogP) is 1.35. The van der Waals surface area contributed by atoms with Gasteiger partial charge in [-0.25, -0.2) is 0 Å². The van der Waals surface area contributed by atoms with E-state index in [9.17, 15) is 9.59 Å². The van der Waals surface area contributed by atoms with Crippen molar-refractivity contribution in [3.05, 3.63) is 42.2 Å². The zero-order valence-electron chi connectivity index (χ0n) is 14.8. The van der Waals surface area contributed by atoms with Gasteiger partial charge in [0.05, 0.1) is 6.61 Å². The van der Waals surface area contributed by atoms with Crippen LogP contribution in [0.4, 0.5) is 5.95 Å². The van der Waals surface area contributed by atoms with Gasteiger partial charge in [-0.2, -0.15) is 0 Å². The second-order valence-corrected chi connectivity index (χ2v) is 6.35. The van der Waals surface area contributed by atoms with Gasteiger partial charge in [0.25, 0.3) is 5.91 Å². The molecular weight excluding hydrogens is 334 g/mol. The van der Waals surface area contributed by atoms with Crippen molar-refractivity contribution in [1.82, 2.24) is 19.7 Å². The SMILES string of the molecule is Cn1cnnc1NC(=O)CN1CCCCC(OCc2ccccc2)C1=O. The van der Waals surface area contributed by atoms with Gasteiger partial charge in [0.15, 0.2) is 0 Å². The van der Waals surface area contributed by atoms with Gasteiger partial charge < -0.3 is 14.2 Å². The van der Waals surface area contributed by atoms with Gasteiger partial charge in [0.2, 0.25) is 11.9 Å². The maximum Gasteiger partial charge on any atom is 0.252 e. The van der Waals surface area contributed by atoms with Crippen LogP contribution in [-0.2, 0) is 28.0 Å². The number of hydrogen-bond acceptors (Lipinski definition) is 5. The van der Waals surface area contributed by atoms with E-state index in [2.05, 4.69) is 15.5 Å². The maximum absolute atomic E-state index is 12.8. The first-order valence-electron chi connectivity index (χ1n) is 8.71. The molecule has 1 aromatic carbocycles. The van der Waals surface area contributed by atoms with Gasteiger partial charge in [0.1, 0.15) is 19.0 Å². The Morgan fingerprint density at radius 1 is 1.31 bits per heavy atom. The lowest BCUT2D eigenvalue weighted by Crippen LogP contribution is -2.43. The van der Waals surface area contributed by atoms with Crippen molar-refractivity contribution >= 4 is 17.8 Å². The highest BCUT2D eigenvalue weighted by molar-refractivity contribution is 5.94. The summed E-state index contributed by atoms with van der Waals surface area (Å²) in [5, 5.41) is 10.2. The zero-order valence-corrected chi connectivity index (χ0v) is 14.8. The Morgan fingerprint density at radius 2 is 2.12 bits per heavy atom. The molecule has 2 aromatic rings. The number of ether oxygens (including phenoxy) is 1. The van der Waals surface area contributed by atoms with E-state index in [1.54, 1.807) is 16.5 Å². The van der Waals surface area contributed by atoms with Crippen LogP contribution in [-0.4, -0.2) is 50.7 Å². The molecule has 2 heterocycles. The van der Waals surface area contributed by atoms with Crippen molar-refractivity contribution in [3.8, 4) is 0 Å². The summed E-state index contributed by atoms with van der Waals surface area (Å²) in [6, 6.07) is 9.76. The molecule has 0 radical (unpaired) electrons. The van der Waals surface area contributed by atoms with Crippen molar-refractivity contribution in [2.45, 2.75) is 32.0 Å². The van der Waals surface area contributed by atoms with Crippen molar-refractivity contribution < 1.29 is 14.3 Å². The fraction of sp³-hybridized carbons (Fsp3) is 0.444. The van der Waals surface area contributed by atoms with Gasteiger partial charge in [-0.3, -0.25) is 14.9 Å². The smallest absolute Gasteiger partial charge is 0.252 e. The molecule has 138 valence electrons. The van der Waals surface area contributed by atoms with Gasteiger partial charge in [-0.05, 0) is 24.8 Å². The Hall–Kier alpha value is -2.74. The molecule has 1 saturated heterocycles. The van der Waals surface area contributed by atoms with Crippen molar-refractivity contribution in [2.75, 3.05) is 18.4 Å². The Kier molecular flexibility index (Phi) is 5.96. The molecule has 0 spiro atoms. The van der Waals surface area contributed by atoms with Crippen molar-refractivity contribution in [1.29, 1.82) is 0 Å². The molecule has 1 unspecified atom stereocenters. The highest BCUT2D eigenvalue weighted by atomic mass is 16.5. The second-order valence-electron chi connectivity index (χ2n) is 6.35. The van der Waals surface area contributed by atoms with E-state index < -0.39 is 6.10 Å². The molecule has 8 heteroatoms. The number of carbonyl (C=O) groups is 2. The first-order valence-corrected chi connectivity index (χ1v) is 8.71. The number of nitrogens with zero attached hydrogens (tertiary/aromatic N) is 4. The van der Waals surface area contributed by atoms with Crippen LogP contribution in [0.15, 0.2) is 36.7 Å². The predicted molar refractivity (Wildman–Crippen MR) is 95.1 cm³/mol. The van der Waals surface area contributed by atoms with E-state index in [0.29, 0.717) is 25.5 Å². The van der Waals surface area contributed by atoms with Gasteiger partial charge in [0, 0.05) is 13.6 Å². The van der Waals surface area contributed by atoms with E-state index in [0.717, 1.165) is 18.4 Å². The number of nitrogens with one attached hydrogen (secondary N) is 1. The number of aromatic nitrogens is 3. The number of amides is 2.